The van der Waals surface area contributed by atoms with Crippen molar-refractivity contribution in [3.05, 3.63) is 0 Å². The van der Waals surface area contributed by atoms with Crippen LogP contribution in [0.15, 0.2) is 0 Å². The SMILES string of the molecule is COCCN(CCOC)S(=O)(=O)NC1CCC(C(=O)O)CC1. The zero-order chi connectivity index (χ0) is 16.6. The Hall–Kier alpha value is -0.740. The van der Waals surface area contributed by atoms with Gasteiger partial charge in [0.2, 0.25) is 0 Å². The van der Waals surface area contributed by atoms with E-state index in [0.717, 1.165) is 0 Å². The largest absolute Gasteiger partial charge is 0.481 e. The molecule has 9 heteroatoms. The van der Waals surface area contributed by atoms with E-state index in [1.54, 1.807) is 0 Å². The molecule has 0 aromatic heterocycles. The third kappa shape index (κ3) is 6.17. The molecule has 22 heavy (non-hydrogen) atoms. The second kappa shape index (κ2) is 9.41. The first-order chi connectivity index (χ1) is 10.4. The van der Waals surface area contributed by atoms with Gasteiger partial charge in [0, 0.05) is 33.4 Å². The molecule has 0 atom stereocenters. The summed E-state index contributed by atoms with van der Waals surface area (Å²) in [7, 11) is -0.597. The molecule has 1 aliphatic carbocycles. The standard InChI is InChI=1S/C13H26N2O6S/c1-20-9-7-15(8-10-21-2)22(18,19)14-12-5-3-11(4-6-12)13(16)17/h11-12,14H,3-10H2,1-2H3,(H,16,17). The number of methoxy groups -OCH3 is 2. The molecule has 0 radical (unpaired) electrons. The van der Waals surface area contributed by atoms with Crippen LogP contribution in [0, 0.1) is 5.92 Å². The maximum Gasteiger partial charge on any atom is 0.306 e. The fourth-order valence-electron chi connectivity index (χ4n) is 2.48. The highest BCUT2D eigenvalue weighted by atomic mass is 32.2. The zero-order valence-corrected chi connectivity index (χ0v) is 14.0. The first-order valence-corrected chi connectivity index (χ1v) is 8.82. The molecule has 1 aliphatic rings. The molecule has 0 spiro atoms. The van der Waals surface area contributed by atoms with E-state index >= 15 is 0 Å². The fourth-order valence-corrected chi connectivity index (χ4v) is 3.92. The Labute approximate surface area is 132 Å². The van der Waals surface area contributed by atoms with Gasteiger partial charge in [0.1, 0.15) is 0 Å². The molecule has 130 valence electrons. The van der Waals surface area contributed by atoms with Crippen molar-refractivity contribution in [1.82, 2.24) is 9.03 Å². The number of hydrogen-bond donors (Lipinski definition) is 2. The molecular formula is C13H26N2O6S. The molecule has 1 saturated carbocycles. The summed E-state index contributed by atoms with van der Waals surface area (Å²) in [5, 5.41) is 8.96. The highest BCUT2D eigenvalue weighted by molar-refractivity contribution is 7.87. The highest BCUT2D eigenvalue weighted by Crippen LogP contribution is 2.25. The van der Waals surface area contributed by atoms with Gasteiger partial charge >= 0.3 is 5.97 Å². The number of nitrogens with one attached hydrogen (secondary N) is 1. The number of rotatable bonds is 10. The van der Waals surface area contributed by atoms with E-state index in [1.165, 1.54) is 18.5 Å². The number of aliphatic carboxylic acids is 1. The van der Waals surface area contributed by atoms with Gasteiger partial charge in [-0.15, -0.1) is 0 Å². The van der Waals surface area contributed by atoms with Crippen molar-refractivity contribution in [3.8, 4) is 0 Å². The number of hydrogen-bond acceptors (Lipinski definition) is 5. The van der Waals surface area contributed by atoms with Crippen LogP contribution in [-0.4, -0.2) is 70.4 Å². The number of nitrogens with zero attached hydrogens (tertiary/aromatic N) is 1. The van der Waals surface area contributed by atoms with E-state index in [2.05, 4.69) is 4.72 Å². The number of ether oxygens (including phenoxy) is 2. The van der Waals surface area contributed by atoms with Gasteiger partial charge in [-0.1, -0.05) is 0 Å². The minimum atomic E-state index is -3.63. The van der Waals surface area contributed by atoms with Crippen LogP contribution in [-0.2, 0) is 24.5 Å². The van der Waals surface area contributed by atoms with Gasteiger partial charge in [0.15, 0.2) is 0 Å². The Morgan fingerprint density at radius 2 is 1.64 bits per heavy atom. The van der Waals surface area contributed by atoms with Crippen molar-refractivity contribution >= 4 is 16.2 Å². The Bertz CT molecular complexity index is 426. The Morgan fingerprint density at radius 1 is 1.14 bits per heavy atom. The molecular weight excluding hydrogens is 312 g/mol. The topological polar surface area (TPSA) is 105 Å². The molecule has 0 aliphatic heterocycles. The molecule has 0 aromatic carbocycles. The molecule has 1 rings (SSSR count). The Kier molecular flexibility index (Phi) is 8.26. The van der Waals surface area contributed by atoms with E-state index in [-0.39, 0.29) is 25.0 Å². The van der Waals surface area contributed by atoms with Crippen molar-refractivity contribution < 1.29 is 27.8 Å². The van der Waals surface area contributed by atoms with E-state index in [0.29, 0.717) is 38.9 Å². The van der Waals surface area contributed by atoms with E-state index in [1.807, 2.05) is 0 Å². The average molecular weight is 338 g/mol. The Morgan fingerprint density at radius 3 is 2.05 bits per heavy atom. The minimum absolute atomic E-state index is 0.215. The number of carboxylic acid groups (broad SMARTS) is 1. The van der Waals surface area contributed by atoms with Crippen molar-refractivity contribution in [2.45, 2.75) is 31.7 Å². The van der Waals surface area contributed by atoms with E-state index in [4.69, 9.17) is 14.6 Å². The molecule has 0 saturated heterocycles. The van der Waals surface area contributed by atoms with Gasteiger partial charge in [-0.05, 0) is 25.7 Å². The lowest BCUT2D eigenvalue weighted by Gasteiger charge is -2.29. The molecule has 2 N–H and O–H groups in total. The smallest absolute Gasteiger partial charge is 0.306 e. The second-order valence-corrected chi connectivity index (χ2v) is 7.10. The van der Waals surface area contributed by atoms with E-state index < -0.39 is 16.2 Å². The summed E-state index contributed by atoms with van der Waals surface area (Å²) in [6, 6.07) is -0.215. The zero-order valence-electron chi connectivity index (χ0n) is 13.2. The van der Waals surface area contributed by atoms with Crippen molar-refractivity contribution in [1.29, 1.82) is 0 Å². The summed E-state index contributed by atoms with van der Waals surface area (Å²) in [6.07, 6.45) is 2.08. The van der Waals surface area contributed by atoms with Crippen LogP contribution in [0.2, 0.25) is 0 Å². The number of carbonyl (C=O) groups is 1. The summed E-state index contributed by atoms with van der Waals surface area (Å²) < 4.78 is 38.7. The molecule has 0 unspecified atom stereocenters. The predicted octanol–water partition coefficient (Wildman–Crippen LogP) is 0.0590. The third-order valence-electron chi connectivity index (χ3n) is 3.82. The van der Waals surface area contributed by atoms with Crippen LogP contribution in [0.5, 0.6) is 0 Å². The lowest BCUT2D eigenvalue weighted by atomic mass is 9.87. The summed E-state index contributed by atoms with van der Waals surface area (Å²) in [5.41, 5.74) is 0. The lowest BCUT2D eigenvalue weighted by molar-refractivity contribution is -0.142. The van der Waals surface area contributed by atoms with Crippen LogP contribution in [0.25, 0.3) is 0 Å². The maximum atomic E-state index is 12.4. The van der Waals surface area contributed by atoms with Crippen LogP contribution in [0.3, 0.4) is 0 Å². The summed E-state index contributed by atoms with van der Waals surface area (Å²) in [4.78, 5) is 10.9. The lowest BCUT2D eigenvalue weighted by Crippen LogP contribution is -2.48. The van der Waals surface area contributed by atoms with Gasteiger partial charge in [-0.3, -0.25) is 4.79 Å². The minimum Gasteiger partial charge on any atom is -0.481 e. The predicted molar refractivity (Wildman–Crippen MR) is 80.8 cm³/mol. The monoisotopic (exact) mass is 338 g/mol. The van der Waals surface area contributed by atoms with Crippen molar-refractivity contribution in [2.75, 3.05) is 40.5 Å². The van der Waals surface area contributed by atoms with Crippen LogP contribution in [0.1, 0.15) is 25.7 Å². The molecule has 0 aromatic rings. The molecule has 0 amide bonds. The van der Waals surface area contributed by atoms with E-state index in [9.17, 15) is 13.2 Å². The van der Waals surface area contributed by atoms with Gasteiger partial charge in [-0.25, -0.2) is 0 Å². The second-order valence-electron chi connectivity index (χ2n) is 5.39. The first kappa shape index (κ1) is 19.3. The quantitative estimate of drug-likeness (QED) is 0.583. The fraction of sp³-hybridized carbons (Fsp3) is 0.923. The summed E-state index contributed by atoms with van der Waals surface area (Å²) in [6.45, 7) is 1.10. The maximum absolute atomic E-state index is 12.4. The summed E-state index contributed by atoms with van der Waals surface area (Å²) >= 11 is 0. The van der Waals surface area contributed by atoms with Crippen LogP contribution in [0.4, 0.5) is 0 Å². The van der Waals surface area contributed by atoms with Crippen molar-refractivity contribution in [3.63, 3.8) is 0 Å². The third-order valence-corrected chi connectivity index (χ3v) is 5.50. The molecule has 0 bridgehead atoms. The van der Waals surface area contributed by atoms with Gasteiger partial charge in [-0.2, -0.15) is 17.4 Å². The van der Waals surface area contributed by atoms with Gasteiger partial charge < -0.3 is 14.6 Å². The highest BCUT2D eigenvalue weighted by Gasteiger charge is 2.30. The molecule has 0 heterocycles. The molecule has 8 nitrogen and oxygen atoms in total. The van der Waals surface area contributed by atoms with Gasteiger partial charge in [0.25, 0.3) is 10.2 Å². The van der Waals surface area contributed by atoms with Gasteiger partial charge in [0.05, 0.1) is 19.1 Å². The average Bonchev–Trinajstić information content (AvgIpc) is 2.47. The van der Waals surface area contributed by atoms with Crippen LogP contribution >= 0.6 is 0 Å². The van der Waals surface area contributed by atoms with Crippen LogP contribution < -0.4 is 4.72 Å². The number of carboxylic acids is 1. The van der Waals surface area contributed by atoms with Crippen molar-refractivity contribution in [2.24, 2.45) is 5.92 Å². The Balaban J connectivity index is 2.57. The normalized spacial score (nSPS) is 22.9. The summed E-state index contributed by atoms with van der Waals surface area (Å²) in [5.74, 6) is -1.16. The first-order valence-electron chi connectivity index (χ1n) is 7.38. The molecule has 1 fully saturated rings.